The smallest absolute Gasteiger partial charge is 0.410 e. The molecule has 100 valence electrons. The maximum Gasteiger partial charge on any atom is 0.417 e. The minimum atomic E-state index is -0.588. The van der Waals surface area contributed by atoms with Crippen LogP contribution in [0.4, 0.5) is 10.5 Å². The molecule has 4 nitrogen and oxygen atoms in total. The first-order valence-electron chi connectivity index (χ1n) is 6.02. The number of para-hydroxylation sites is 2. The van der Waals surface area contributed by atoms with Crippen LogP contribution in [-0.2, 0) is 0 Å². The highest BCUT2D eigenvalue weighted by Gasteiger charge is 2.07. The van der Waals surface area contributed by atoms with Crippen molar-refractivity contribution in [3.8, 4) is 17.6 Å². The van der Waals surface area contributed by atoms with E-state index < -0.39 is 6.09 Å². The number of aliphatic hydroxyl groups is 1. The predicted molar refractivity (Wildman–Crippen MR) is 76.5 cm³/mol. The molecule has 0 aromatic heterocycles. The molecule has 0 bridgehead atoms. The molecule has 0 atom stereocenters. The lowest BCUT2D eigenvalue weighted by atomic mass is 10.2. The fraction of sp³-hybridized carbons (Fsp3) is 0.0625. The van der Waals surface area contributed by atoms with Crippen molar-refractivity contribution >= 4 is 11.8 Å². The molecule has 2 aromatic rings. The monoisotopic (exact) mass is 267 g/mol. The van der Waals surface area contributed by atoms with Crippen LogP contribution in [0.5, 0.6) is 5.75 Å². The Kier molecular flexibility index (Phi) is 4.76. The van der Waals surface area contributed by atoms with Gasteiger partial charge in [-0.1, -0.05) is 42.2 Å². The summed E-state index contributed by atoms with van der Waals surface area (Å²) in [7, 11) is 0. The van der Waals surface area contributed by atoms with E-state index in [1.54, 1.807) is 48.5 Å². The lowest BCUT2D eigenvalue weighted by Crippen LogP contribution is -2.17. The molecule has 0 fully saturated rings. The number of nitrogens with one attached hydrogen (secondary N) is 1. The van der Waals surface area contributed by atoms with Crippen molar-refractivity contribution in [1.82, 2.24) is 0 Å². The minimum Gasteiger partial charge on any atom is -0.410 e. The fourth-order valence-corrected chi connectivity index (χ4v) is 1.57. The van der Waals surface area contributed by atoms with Gasteiger partial charge in [0, 0.05) is 5.56 Å². The van der Waals surface area contributed by atoms with Gasteiger partial charge in [-0.05, 0) is 24.3 Å². The maximum absolute atomic E-state index is 11.8. The highest BCUT2D eigenvalue weighted by Crippen LogP contribution is 2.15. The van der Waals surface area contributed by atoms with Gasteiger partial charge in [-0.25, -0.2) is 4.79 Å². The van der Waals surface area contributed by atoms with E-state index in [0.29, 0.717) is 17.0 Å². The van der Waals surface area contributed by atoms with Crippen molar-refractivity contribution in [3.63, 3.8) is 0 Å². The average molecular weight is 267 g/mol. The number of carbonyl (C=O) groups is 1. The Morgan fingerprint density at radius 2 is 1.80 bits per heavy atom. The number of hydrogen-bond donors (Lipinski definition) is 2. The fourth-order valence-electron chi connectivity index (χ4n) is 1.57. The third-order valence-electron chi connectivity index (χ3n) is 2.42. The summed E-state index contributed by atoms with van der Waals surface area (Å²) >= 11 is 0. The number of ether oxygens (including phenoxy) is 1. The average Bonchev–Trinajstić information content (AvgIpc) is 2.47. The molecule has 0 radical (unpaired) electrons. The summed E-state index contributed by atoms with van der Waals surface area (Å²) in [5.74, 6) is 5.77. The normalized spacial score (nSPS) is 9.25. The van der Waals surface area contributed by atoms with Gasteiger partial charge in [-0.3, -0.25) is 5.32 Å². The van der Waals surface area contributed by atoms with E-state index in [2.05, 4.69) is 17.2 Å². The van der Waals surface area contributed by atoms with Gasteiger partial charge in [-0.15, -0.1) is 0 Å². The zero-order chi connectivity index (χ0) is 14.2. The van der Waals surface area contributed by atoms with Crippen LogP contribution in [0.3, 0.4) is 0 Å². The summed E-state index contributed by atoms with van der Waals surface area (Å²) in [6, 6.07) is 15.8. The lowest BCUT2D eigenvalue weighted by molar-refractivity contribution is 0.215. The van der Waals surface area contributed by atoms with E-state index in [1.807, 2.05) is 6.07 Å². The highest BCUT2D eigenvalue weighted by atomic mass is 16.6. The number of anilines is 1. The zero-order valence-electron chi connectivity index (χ0n) is 10.7. The summed E-state index contributed by atoms with van der Waals surface area (Å²) in [6.45, 7) is -0.233. The van der Waals surface area contributed by atoms with Crippen LogP contribution in [0.15, 0.2) is 54.6 Å². The largest absolute Gasteiger partial charge is 0.417 e. The summed E-state index contributed by atoms with van der Waals surface area (Å²) in [6.07, 6.45) is -0.588. The Morgan fingerprint density at radius 3 is 2.55 bits per heavy atom. The lowest BCUT2D eigenvalue weighted by Gasteiger charge is -2.08. The Hall–Kier alpha value is -2.77. The van der Waals surface area contributed by atoms with Crippen LogP contribution >= 0.6 is 0 Å². The first-order valence-corrected chi connectivity index (χ1v) is 6.02. The number of hydrogen-bond acceptors (Lipinski definition) is 3. The second kappa shape index (κ2) is 6.98. The first kappa shape index (κ1) is 13.7. The molecule has 0 heterocycles. The SMILES string of the molecule is O=C(Nc1ccccc1C#CCO)Oc1ccccc1. The van der Waals surface area contributed by atoms with Crippen LogP contribution < -0.4 is 10.1 Å². The van der Waals surface area contributed by atoms with Crippen molar-refractivity contribution in [2.75, 3.05) is 11.9 Å². The van der Waals surface area contributed by atoms with Gasteiger partial charge in [0.2, 0.25) is 0 Å². The number of amides is 1. The van der Waals surface area contributed by atoms with Crippen molar-refractivity contribution in [2.45, 2.75) is 0 Å². The van der Waals surface area contributed by atoms with Gasteiger partial charge < -0.3 is 9.84 Å². The topological polar surface area (TPSA) is 58.6 Å². The quantitative estimate of drug-likeness (QED) is 0.822. The third-order valence-corrected chi connectivity index (χ3v) is 2.42. The van der Waals surface area contributed by atoms with Crippen molar-refractivity contribution in [2.24, 2.45) is 0 Å². The molecule has 0 spiro atoms. The molecular formula is C16H13NO3. The first-order chi connectivity index (χ1) is 9.79. The summed E-state index contributed by atoms with van der Waals surface area (Å²) < 4.78 is 5.13. The molecule has 20 heavy (non-hydrogen) atoms. The van der Waals surface area contributed by atoms with E-state index >= 15 is 0 Å². The molecule has 1 amide bonds. The Morgan fingerprint density at radius 1 is 1.10 bits per heavy atom. The van der Waals surface area contributed by atoms with Crippen molar-refractivity contribution in [3.05, 3.63) is 60.2 Å². The van der Waals surface area contributed by atoms with E-state index in [0.717, 1.165) is 0 Å². The van der Waals surface area contributed by atoms with Gasteiger partial charge in [0.05, 0.1) is 5.69 Å². The highest BCUT2D eigenvalue weighted by molar-refractivity contribution is 5.88. The van der Waals surface area contributed by atoms with Crippen molar-refractivity contribution in [1.29, 1.82) is 0 Å². The van der Waals surface area contributed by atoms with Gasteiger partial charge in [0.25, 0.3) is 0 Å². The Labute approximate surface area is 117 Å². The number of benzene rings is 2. The van der Waals surface area contributed by atoms with Crippen LogP contribution in [0.25, 0.3) is 0 Å². The van der Waals surface area contributed by atoms with E-state index in [9.17, 15) is 4.79 Å². The number of carbonyl (C=O) groups excluding carboxylic acids is 1. The molecular weight excluding hydrogens is 254 g/mol. The molecule has 0 aliphatic carbocycles. The summed E-state index contributed by atoms with van der Waals surface area (Å²) in [5.41, 5.74) is 1.15. The number of aliphatic hydroxyl groups excluding tert-OH is 1. The van der Waals surface area contributed by atoms with Gasteiger partial charge in [0.1, 0.15) is 12.4 Å². The third kappa shape index (κ3) is 3.87. The van der Waals surface area contributed by atoms with Crippen LogP contribution in [0.1, 0.15) is 5.56 Å². The Balaban J connectivity index is 2.08. The van der Waals surface area contributed by atoms with E-state index in [1.165, 1.54) is 0 Å². The summed E-state index contributed by atoms with van der Waals surface area (Å²) in [4.78, 5) is 11.8. The molecule has 0 aliphatic heterocycles. The standard InChI is InChI=1S/C16H13NO3/c18-12-6-8-13-7-4-5-11-15(13)17-16(19)20-14-9-2-1-3-10-14/h1-5,7,9-11,18H,12H2,(H,17,19). The molecule has 2 aromatic carbocycles. The molecule has 0 saturated carbocycles. The minimum absolute atomic E-state index is 0.233. The second-order valence-electron chi connectivity index (χ2n) is 3.83. The van der Waals surface area contributed by atoms with Crippen LogP contribution in [-0.4, -0.2) is 17.8 Å². The zero-order valence-corrected chi connectivity index (χ0v) is 10.7. The van der Waals surface area contributed by atoms with Crippen molar-refractivity contribution < 1.29 is 14.6 Å². The van der Waals surface area contributed by atoms with Gasteiger partial charge >= 0.3 is 6.09 Å². The van der Waals surface area contributed by atoms with Gasteiger partial charge in [0.15, 0.2) is 0 Å². The maximum atomic E-state index is 11.8. The van der Waals surface area contributed by atoms with E-state index in [-0.39, 0.29) is 6.61 Å². The molecule has 2 rings (SSSR count). The predicted octanol–water partition coefficient (Wildman–Crippen LogP) is 2.64. The van der Waals surface area contributed by atoms with Gasteiger partial charge in [-0.2, -0.15) is 0 Å². The molecule has 4 heteroatoms. The second-order valence-corrected chi connectivity index (χ2v) is 3.83. The molecule has 0 unspecified atom stereocenters. The summed E-state index contributed by atoms with van der Waals surface area (Å²) in [5, 5.41) is 11.3. The van der Waals surface area contributed by atoms with Crippen LogP contribution in [0, 0.1) is 11.8 Å². The Bertz CT molecular complexity index is 642. The molecule has 0 saturated heterocycles. The van der Waals surface area contributed by atoms with E-state index in [4.69, 9.17) is 9.84 Å². The van der Waals surface area contributed by atoms with Crippen LogP contribution in [0.2, 0.25) is 0 Å². The molecule has 0 aliphatic rings. The number of rotatable bonds is 2. The molecule has 2 N–H and O–H groups in total.